The Morgan fingerprint density at radius 3 is 2.64 bits per heavy atom. The van der Waals surface area contributed by atoms with Crippen molar-refractivity contribution in [1.29, 1.82) is 0 Å². The molecule has 22 heavy (non-hydrogen) atoms. The Morgan fingerprint density at radius 2 is 1.86 bits per heavy atom. The van der Waals surface area contributed by atoms with Gasteiger partial charge in [-0.1, -0.05) is 60.7 Å². The summed E-state index contributed by atoms with van der Waals surface area (Å²) in [5.41, 5.74) is 2.12. The van der Waals surface area contributed by atoms with Crippen LogP contribution in [0.4, 0.5) is 4.79 Å². The molecule has 2 aromatic carbocycles. The van der Waals surface area contributed by atoms with E-state index in [4.69, 9.17) is 4.74 Å². The number of alkyl carbamates (subject to hydrolysis) is 1. The molecule has 0 unspecified atom stereocenters. The van der Waals surface area contributed by atoms with E-state index < -0.39 is 6.09 Å². The van der Waals surface area contributed by atoms with Crippen LogP contribution in [-0.2, 0) is 11.3 Å². The van der Waals surface area contributed by atoms with Gasteiger partial charge in [-0.05, 0) is 23.4 Å². The molecule has 0 saturated carbocycles. The van der Waals surface area contributed by atoms with Crippen molar-refractivity contribution in [1.82, 2.24) is 5.32 Å². The first-order chi connectivity index (χ1) is 10.8. The van der Waals surface area contributed by atoms with Gasteiger partial charge < -0.3 is 10.1 Å². The number of carbonyl (C=O) groups excluding carboxylic acids is 1. The Hall–Kier alpha value is -2.20. The molecule has 0 aliphatic carbocycles. The average molecular weight is 313 g/mol. The van der Waals surface area contributed by atoms with E-state index in [1.807, 2.05) is 60.9 Å². The monoisotopic (exact) mass is 313 g/mol. The Labute approximate surface area is 135 Å². The predicted octanol–water partition coefficient (Wildman–Crippen LogP) is 4.35. The fourth-order valence-corrected chi connectivity index (χ4v) is 2.49. The van der Waals surface area contributed by atoms with Gasteiger partial charge in [0.15, 0.2) is 0 Å². The van der Waals surface area contributed by atoms with Gasteiger partial charge in [-0.15, -0.1) is 11.8 Å². The Kier molecular flexibility index (Phi) is 6.58. The van der Waals surface area contributed by atoms with Gasteiger partial charge >= 0.3 is 6.09 Å². The van der Waals surface area contributed by atoms with E-state index in [2.05, 4.69) is 17.4 Å². The number of nitrogens with one attached hydrogen (secondary N) is 1. The number of ether oxygens (including phenoxy) is 1. The second-order valence-corrected chi connectivity index (χ2v) is 5.44. The fourth-order valence-electron chi connectivity index (χ4n) is 1.91. The molecule has 0 heterocycles. The van der Waals surface area contributed by atoms with Crippen molar-refractivity contribution in [3.63, 3.8) is 0 Å². The zero-order chi connectivity index (χ0) is 15.6. The summed E-state index contributed by atoms with van der Waals surface area (Å²) in [5, 5.41) is 2.71. The quantitative estimate of drug-likeness (QED) is 0.806. The zero-order valence-electron chi connectivity index (χ0n) is 12.5. The Balaban J connectivity index is 1.73. The highest BCUT2D eigenvalue weighted by Crippen LogP contribution is 2.20. The number of hydrogen-bond donors (Lipinski definition) is 1. The molecule has 0 spiro atoms. The maximum Gasteiger partial charge on any atom is 0.407 e. The van der Waals surface area contributed by atoms with E-state index in [-0.39, 0.29) is 6.61 Å². The summed E-state index contributed by atoms with van der Waals surface area (Å²) < 4.78 is 5.14. The third-order valence-corrected chi connectivity index (χ3v) is 3.82. The molecule has 0 aliphatic rings. The molecule has 1 N–H and O–H groups in total. The Bertz CT molecular complexity index is 626. The smallest absolute Gasteiger partial charge is 0.407 e. The number of hydrogen-bond acceptors (Lipinski definition) is 3. The first-order valence-corrected chi connectivity index (χ1v) is 8.26. The summed E-state index contributed by atoms with van der Waals surface area (Å²) >= 11 is 1.70. The standard InChI is InChI=1S/C18H19NO2S/c1-22-17-12-6-5-10-16(17)11-7-13-19-18(20)21-14-15-8-3-2-4-9-15/h2-12H,13-14H2,1H3,(H,19,20). The van der Waals surface area contributed by atoms with Gasteiger partial charge in [-0.3, -0.25) is 0 Å². The van der Waals surface area contributed by atoms with Gasteiger partial charge in [0, 0.05) is 11.4 Å². The van der Waals surface area contributed by atoms with Gasteiger partial charge in [-0.2, -0.15) is 0 Å². The lowest BCUT2D eigenvalue weighted by Crippen LogP contribution is -2.24. The molecule has 0 aliphatic heterocycles. The van der Waals surface area contributed by atoms with Crippen LogP contribution >= 0.6 is 11.8 Å². The summed E-state index contributed by atoms with van der Waals surface area (Å²) in [7, 11) is 0. The molecule has 0 radical (unpaired) electrons. The van der Waals surface area contributed by atoms with Crippen LogP contribution in [0.25, 0.3) is 6.08 Å². The Morgan fingerprint density at radius 1 is 1.14 bits per heavy atom. The first kappa shape index (κ1) is 16.2. The second-order valence-electron chi connectivity index (χ2n) is 4.59. The van der Waals surface area contributed by atoms with E-state index in [1.54, 1.807) is 11.8 Å². The molecule has 0 aromatic heterocycles. The highest BCUT2D eigenvalue weighted by Gasteiger charge is 2.00. The van der Waals surface area contributed by atoms with Gasteiger partial charge in [0.05, 0.1) is 0 Å². The minimum atomic E-state index is -0.411. The van der Waals surface area contributed by atoms with Crippen LogP contribution in [0.5, 0.6) is 0 Å². The highest BCUT2D eigenvalue weighted by molar-refractivity contribution is 7.98. The van der Waals surface area contributed by atoms with Gasteiger partial charge in [-0.25, -0.2) is 4.79 Å². The predicted molar refractivity (Wildman–Crippen MR) is 91.9 cm³/mol. The average Bonchev–Trinajstić information content (AvgIpc) is 2.58. The van der Waals surface area contributed by atoms with Gasteiger partial charge in [0.2, 0.25) is 0 Å². The van der Waals surface area contributed by atoms with Crippen LogP contribution < -0.4 is 5.32 Å². The van der Waals surface area contributed by atoms with Crippen LogP contribution in [0.2, 0.25) is 0 Å². The zero-order valence-corrected chi connectivity index (χ0v) is 13.3. The number of benzene rings is 2. The van der Waals surface area contributed by atoms with E-state index in [9.17, 15) is 4.79 Å². The van der Waals surface area contributed by atoms with Crippen LogP contribution in [0, 0.1) is 0 Å². The maximum atomic E-state index is 11.6. The van der Waals surface area contributed by atoms with Crippen LogP contribution in [-0.4, -0.2) is 18.9 Å². The number of thioether (sulfide) groups is 1. The van der Waals surface area contributed by atoms with Crippen molar-refractivity contribution >= 4 is 23.9 Å². The fraction of sp³-hybridized carbons (Fsp3) is 0.167. The third kappa shape index (κ3) is 5.30. The molecule has 0 atom stereocenters. The van der Waals surface area contributed by atoms with Gasteiger partial charge in [0.1, 0.15) is 6.61 Å². The molecule has 0 saturated heterocycles. The van der Waals surface area contributed by atoms with Crippen molar-refractivity contribution in [2.24, 2.45) is 0 Å². The molecule has 0 fully saturated rings. The molecular formula is C18H19NO2S. The second kappa shape index (κ2) is 8.95. The molecule has 2 aromatic rings. The van der Waals surface area contributed by atoms with Crippen LogP contribution in [0.15, 0.2) is 65.6 Å². The third-order valence-electron chi connectivity index (χ3n) is 3.01. The SMILES string of the molecule is CSc1ccccc1C=CCNC(=O)OCc1ccccc1. The number of carbonyl (C=O) groups is 1. The van der Waals surface area contributed by atoms with Crippen molar-refractivity contribution in [3.05, 3.63) is 71.8 Å². The molecule has 1 amide bonds. The van der Waals surface area contributed by atoms with Crippen molar-refractivity contribution in [2.45, 2.75) is 11.5 Å². The summed E-state index contributed by atoms with van der Waals surface area (Å²) in [6, 6.07) is 17.8. The summed E-state index contributed by atoms with van der Waals surface area (Å²) in [5.74, 6) is 0. The molecule has 3 nitrogen and oxygen atoms in total. The van der Waals surface area contributed by atoms with Crippen LogP contribution in [0.3, 0.4) is 0 Å². The van der Waals surface area contributed by atoms with Gasteiger partial charge in [0.25, 0.3) is 0 Å². The minimum absolute atomic E-state index is 0.283. The maximum absolute atomic E-state index is 11.6. The topological polar surface area (TPSA) is 38.3 Å². The molecule has 0 bridgehead atoms. The first-order valence-electron chi connectivity index (χ1n) is 7.03. The van der Waals surface area contributed by atoms with E-state index in [1.165, 1.54) is 4.90 Å². The van der Waals surface area contributed by atoms with E-state index in [0.29, 0.717) is 6.54 Å². The minimum Gasteiger partial charge on any atom is -0.445 e. The number of rotatable bonds is 6. The normalized spacial score (nSPS) is 10.6. The lowest BCUT2D eigenvalue weighted by Gasteiger charge is -2.05. The van der Waals surface area contributed by atoms with Crippen molar-refractivity contribution < 1.29 is 9.53 Å². The summed E-state index contributed by atoms with van der Waals surface area (Å²) in [6.07, 6.45) is 5.56. The molecule has 4 heteroatoms. The number of amides is 1. The van der Waals surface area contributed by atoms with E-state index in [0.717, 1.165) is 11.1 Å². The van der Waals surface area contributed by atoms with E-state index >= 15 is 0 Å². The largest absolute Gasteiger partial charge is 0.445 e. The van der Waals surface area contributed by atoms with Crippen molar-refractivity contribution in [3.8, 4) is 0 Å². The van der Waals surface area contributed by atoms with Crippen molar-refractivity contribution in [2.75, 3.05) is 12.8 Å². The lowest BCUT2D eigenvalue weighted by molar-refractivity contribution is 0.141. The van der Waals surface area contributed by atoms with Crippen LogP contribution in [0.1, 0.15) is 11.1 Å². The highest BCUT2D eigenvalue weighted by atomic mass is 32.2. The summed E-state index contributed by atoms with van der Waals surface area (Å²) in [6.45, 7) is 0.724. The molecular weight excluding hydrogens is 294 g/mol. The molecule has 114 valence electrons. The molecule has 2 rings (SSSR count). The summed E-state index contributed by atoms with van der Waals surface area (Å²) in [4.78, 5) is 12.8. The lowest BCUT2D eigenvalue weighted by atomic mass is 10.2.